The maximum atomic E-state index is 2.44. The molecule has 308 valence electrons. The molecule has 0 aliphatic rings. The van der Waals surface area contributed by atoms with Gasteiger partial charge in [-0.15, -0.1) is 0 Å². The van der Waals surface area contributed by atoms with Gasteiger partial charge in [0.05, 0.1) is 0 Å². The minimum absolute atomic E-state index is 1.18. The van der Waals surface area contributed by atoms with E-state index in [0.29, 0.717) is 0 Å². The Kier molecular flexibility index (Phi) is 9.97. The first-order valence-corrected chi connectivity index (χ1v) is 22.8. The van der Waals surface area contributed by atoms with Crippen molar-refractivity contribution in [2.45, 2.75) is 0 Å². The average Bonchev–Trinajstić information content (AvgIpc) is 3.40. The lowest BCUT2D eigenvalue weighted by Gasteiger charge is -2.23. The van der Waals surface area contributed by atoms with Crippen LogP contribution in [-0.2, 0) is 0 Å². The van der Waals surface area contributed by atoms with Crippen molar-refractivity contribution in [2.24, 2.45) is 0 Å². The van der Waals surface area contributed by atoms with E-state index in [0.717, 1.165) is 0 Å². The van der Waals surface area contributed by atoms with Crippen LogP contribution >= 0.6 is 0 Å². The summed E-state index contributed by atoms with van der Waals surface area (Å²) >= 11 is 0. The van der Waals surface area contributed by atoms with Crippen LogP contribution in [0.25, 0.3) is 121 Å². The van der Waals surface area contributed by atoms with Crippen molar-refractivity contribution in [3.63, 3.8) is 0 Å². The monoisotopic (exact) mass is 836 g/mol. The zero-order valence-corrected chi connectivity index (χ0v) is 36.4. The van der Waals surface area contributed by atoms with Crippen LogP contribution in [0.1, 0.15) is 0 Å². The molecule has 0 radical (unpaired) electrons. The molecule has 12 rings (SSSR count). The van der Waals surface area contributed by atoms with E-state index in [1.165, 1.54) is 121 Å². The van der Waals surface area contributed by atoms with Crippen LogP contribution in [0.2, 0.25) is 0 Å². The zero-order chi connectivity index (χ0) is 43.8. The van der Waals surface area contributed by atoms with Gasteiger partial charge in [-0.05, 0) is 146 Å². The van der Waals surface area contributed by atoms with Gasteiger partial charge < -0.3 is 0 Å². The summed E-state index contributed by atoms with van der Waals surface area (Å²) in [7, 11) is 0. The fraction of sp³-hybridized carbons (Fsp3) is 0. The minimum atomic E-state index is 1.18. The second-order valence-corrected chi connectivity index (χ2v) is 17.2. The summed E-state index contributed by atoms with van der Waals surface area (Å²) in [5, 5.41) is 7.35. The molecule has 0 nitrogen and oxygen atoms in total. The van der Waals surface area contributed by atoms with Crippen molar-refractivity contribution in [3.05, 3.63) is 267 Å². The SMILES string of the molecule is c1ccc(-c2ccc(-c3cc(-c4ccccc4)ccc3-c3c4ccccc4c(-c4ccc(-c5ccccc5)cc4-c4ccc(-c5ccccc5)cc4)c4cc5ccccc5cc34)cc2)cc1. The summed E-state index contributed by atoms with van der Waals surface area (Å²) in [6, 6.07) is 98.0. The predicted molar refractivity (Wildman–Crippen MR) is 282 cm³/mol. The second-order valence-electron chi connectivity index (χ2n) is 17.2. The van der Waals surface area contributed by atoms with Crippen molar-refractivity contribution < 1.29 is 0 Å². The van der Waals surface area contributed by atoms with Crippen molar-refractivity contribution in [1.82, 2.24) is 0 Å². The molecule has 0 bridgehead atoms. The molecule has 0 heterocycles. The Balaban J connectivity index is 1.14. The lowest BCUT2D eigenvalue weighted by molar-refractivity contribution is 1.56. The summed E-state index contributed by atoms with van der Waals surface area (Å²) in [5.74, 6) is 0. The predicted octanol–water partition coefficient (Wildman–Crippen LogP) is 18.5. The lowest BCUT2D eigenvalue weighted by atomic mass is 9.80. The molecule has 0 fully saturated rings. The molecule has 0 aliphatic carbocycles. The zero-order valence-electron chi connectivity index (χ0n) is 36.4. The van der Waals surface area contributed by atoms with Crippen LogP contribution in [0, 0.1) is 0 Å². The van der Waals surface area contributed by atoms with Gasteiger partial charge >= 0.3 is 0 Å². The van der Waals surface area contributed by atoms with Crippen LogP contribution in [-0.4, -0.2) is 0 Å². The highest BCUT2D eigenvalue weighted by atomic mass is 14.3. The highest BCUT2D eigenvalue weighted by Crippen LogP contribution is 2.50. The summed E-state index contributed by atoms with van der Waals surface area (Å²) in [5.41, 5.74) is 19.3. The minimum Gasteiger partial charge on any atom is -0.0622 e. The Morgan fingerprint density at radius 1 is 0.152 bits per heavy atom. The third kappa shape index (κ3) is 7.16. The summed E-state index contributed by atoms with van der Waals surface area (Å²) in [4.78, 5) is 0. The molecule has 12 aromatic carbocycles. The molecule has 66 heavy (non-hydrogen) atoms. The molecular formula is C66H44. The quantitative estimate of drug-likeness (QED) is 0.134. The standard InChI is InChI=1S/C66H44/c1-5-17-45(18-6-1)49-29-33-51(34-30-49)61-41-55(47-21-9-3-10-22-47)37-39-59(61)65-57-27-15-16-28-58(57)66(64-44-54-26-14-13-25-53(54)43-63(64)65)60-40-38-56(48-23-11-4-12-24-48)42-62(60)52-35-31-50(32-36-52)46-19-7-2-8-20-46/h1-44H. The number of rotatable bonds is 8. The van der Waals surface area contributed by atoms with E-state index in [1.54, 1.807) is 0 Å². The first-order chi connectivity index (χ1) is 32.7. The maximum absolute atomic E-state index is 2.44. The molecule has 0 aromatic heterocycles. The van der Waals surface area contributed by atoms with Crippen LogP contribution in [0.4, 0.5) is 0 Å². The van der Waals surface area contributed by atoms with Crippen LogP contribution in [0.15, 0.2) is 267 Å². The van der Waals surface area contributed by atoms with Gasteiger partial charge in [0.1, 0.15) is 0 Å². The maximum Gasteiger partial charge on any atom is -0.00199 e. The van der Waals surface area contributed by atoms with Gasteiger partial charge in [-0.2, -0.15) is 0 Å². The Morgan fingerprint density at radius 3 is 0.788 bits per heavy atom. The number of fused-ring (bicyclic) bond motifs is 3. The molecular weight excluding hydrogens is 793 g/mol. The molecule has 0 aliphatic heterocycles. The molecule has 0 unspecified atom stereocenters. The second kappa shape index (κ2) is 16.8. The molecule has 12 aromatic rings. The first kappa shape index (κ1) is 39.0. The fourth-order valence-electron chi connectivity index (χ4n) is 10.0. The van der Waals surface area contributed by atoms with Gasteiger partial charge in [-0.1, -0.05) is 243 Å². The van der Waals surface area contributed by atoms with E-state index in [4.69, 9.17) is 0 Å². The van der Waals surface area contributed by atoms with Gasteiger partial charge in [0.2, 0.25) is 0 Å². The third-order valence-electron chi connectivity index (χ3n) is 13.3. The summed E-state index contributed by atoms with van der Waals surface area (Å²) in [6.07, 6.45) is 0. The van der Waals surface area contributed by atoms with E-state index < -0.39 is 0 Å². The number of benzene rings is 12. The summed E-state index contributed by atoms with van der Waals surface area (Å²) in [6.45, 7) is 0. The van der Waals surface area contributed by atoms with Gasteiger partial charge in [0.15, 0.2) is 0 Å². The van der Waals surface area contributed by atoms with Crippen molar-refractivity contribution in [2.75, 3.05) is 0 Å². The first-order valence-electron chi connectivity index (χ1n) is 22.8. The third-order valence-corrected chi connectivity index (χ3v) is 13.3. The van der Waals surface area contributed by atoms with Gasteiger partial charge in [0, 0.05) is 0 Å². The topological polar surface area (TPSA) is 0 Å². The highest BCUT2D eigenvalue weighted by molar-refractivity contribution is 6.25. The van der Waals surface area contributed by atoms with E-state index in [-0.39, 0.29) is 0 Å². The van der Waals surface area contributed by atoms with Crippen molar-refractivity contribution in [1.29, 1.82) is 0 Å². The molecule has 0 atom stereocenters. The largest absolute Gasteiger partial charge is 0.0622 e. The van der Waals surface area contributed by atoms with Crippen LogP contribution in [0.3, 0.4) is 0 Å². The van der Waals surface area contributed by atoms with Crippen LogP contribution in [0.5, 0.6) is 0 Å². The molecule has 0 saturated carbocycles. The number of hydrogen-bond acceptors (Lipinski definition) is 0. The van der Waals surface area contributed by atoms with Gasteiger partial charge in [-0.25, -0.2) is 0 Å². The Morgan fingerprint density at radius 2 is 0.424 bits per heavy atom. The van der Waals surface area contributed by atoms with Crippen molar-refractivity contribution in [3.8, 4) is 89.0 Å². The average molecular weight is 837 g/mol. The molecule has 0 heteroatoms. The Labute approximate surface area is 386 Å². The normalized spacial score (nSPS) is 11.3. The highest BCUT2D eigenvalue weighted by Gasteiger charge is 2.23. The molecule has 0 N–H and O–H groups in total. The fourth-order valence-corrected chi connectivity index (χ4v) is 10.0. The van der Waals surface area contributed by atoms with E-state index >= 15 is 0 Å². The van der Waals surface area contributed by atoms with E-state index in [9.17, 15) is 0 Å². The van der Waals surface area contributed by atoms with Crippen molar-refractivity contribution >= 4 is 32.3 Å². The van der Waals surface area contributed by atoms with Gasteiger partial charge in [-0.3, -0.25) is 0 Å². The Hall–Kier alpha value is -8.58. The van der Waals surface area contributed by atoms with Crippen LogP contribution < -0.4 is 0 Å². The number of hydrogen-bond donors (Lipinski definition) is 0. The molecule has 0 spiro atoms. The molecule has 0 saturated heterocycles. The van der Waals surface area contributed by atoms with E-state index in [2.05, 4.69) is 267 Å². The van der Waals surface area contributed by atoms with Gasteiger partial charge in [0.25, 0.3) is 0 Å². The lowest BCUT2D eigenvalue weighted by Crippen LogP contribution is -1.95. The smallest absolute Gasteiger partial charge is 0.00199 e. The van der Waals surface area contributed by atoms with E-state index in [1.807, 2.05) is 0 Å². The Bertz CT molecular complexity index is 3440. The molecule has 0 amide bonds. The summed E-state index contributed by atoms with van der Waals surface area (Å²) < 4.78 is 0.